The van der Waals surface area contributed by atoms with Crippen molar-refractivity contribution >= 4 is 6.03 Å². The second-order valence-electron chi connectivity index (χ2n) is 3.80. The zero-order chi connectivity index (χ0) is 9.14. The van der Waals surface area contributed by atoms with E-state index >= 15 is 0 Å². The number of urea groups is 1. The maximum Gasteiger partial charge on any atom is 0.331 e. The van der Waals surface area contributed by atoms with Crippen LogP contribution in [0.3, 0.4) is 0 Å². The number of nitrogens with one attached hydrogen (secondary N) is 1. The molecule has 2 atom stereocenters. The van der Waals surface area contributed by atoms with Crippen LogP contribution in [0.25, 0.3) is 0 Å². The summed E-state index contributed by atoms with van der Waals surface area (Å²) < 4.78 is 0. The fourth-order valence-electron chi connectivity index (χ4n) is 1.92. The molecule has 1 heterocycles. The Labute approximate surface area is 73.1 Å². The fraction of sp³-hybridized carbons (Fsp3) is 0.875. The van der Waals surface area contributed by atoms with E-state index in [9.17, 15) is 4.79 Å². The second-order valence-corrected chi connectivity index (χ2v) is 3.80. The maximum atomic E-state index is 11.1. The van der Waals surface area contributed by atoms with Gasteiger partial charge in [-0.25, -0.2) is 10.6 Å². The summed E-state index contributed by atoms with van der Waals surface area (Å²) in [5.41, 5.74) is 2.16. The Morgan fingerprint density at radius 1 is 1.42 bits per heavy atom. The number of hydrogen-bond acceptors (Lipinski definition) is 2. The highest BCUT2D eigenvalue weighted by molar-refractivity contribution is 5.73. The van der Waals surface area contributed by atoms with Gasteiger partial charge in [0.2, 0.25) is 0 Å². The van der Waals surface area contributed by atoms with Gasteiger partial charge in [-0.05, 0) is 18.3 Å². The third kappa shape index (κ3) is 2.11. The molecule has 0 spiro atoms. The first kappa shape index (κ1) is 9.32. The minimum atomic E-state index is -0.159. The van der Waals surface area contributed by atoms with Gasteiger partial charge in [0.1, 0.15) is 0 Å². The Balaban J connectivity index is 2.49. The summed E-state index contributed by atoms with van der Waals surface area (Å²) in [5.74, 6) is 6.23. The van der Waals surface area contributed by atoms with Gasteiger partial charge in [-0.3, -0.25) is 5.43 Å². The summed E-state index contributed by atoms with van der Waals surface area (Å²) in [5, 5.41) is 0. The number of likely N-dealkylation sites (tertiary alicyclic amines) is 1. The predicted molar refractivity (Wildman–Crippen MR) is 47.2 cm³/mol. The van der Waals surface area contributed by atoms with Crippen molar-refractivity contribution in [3.63, 3.8) is 0 Å². The summed E-state index contributed by atoms with van der Waals surface area (Å²) in [6.45, 7) is 5.97. The Morgan fingerprint density at radius 3 is 2.33 bits per heavy atom. The van der Waals surface area contributed by atoms with E-state index in [-0.39, 0.29) is 6.03 Å². The lowest BCUT2D eigenvalue weighted by Crippen LogP contribution is -2.49. The Hall–Kier alpha value is -0.770. The predicted octanol–water partition coefficient (Wildman–Crippen LogP) is 0.548. The van der Waals surface area contributed by atoms with Crippen molar-refractivity contribution in [1.29, 1.82) is 0 Å². The van der Waals surface area contributed by atoms with Gasteiger partial charge in [0.25, 0.3) is 0 Å². The lowest BCUT2D eigenvalue weighted by molar-refractivity contribution is 0.146. The molecule has 1 fully saturated rings. The molecular weight excluding hydrogens is 154 g/mol. The van der Waals surface area contributed by atoms with E-state index in [0.717, 1.165) is 13.1 Å². The SMILES string of the molecule is CC1CC(C)CN(C(=O)NN)C1. The summed E-state index contributed by atoms with van der Waals surface area (Å²) in [4.78, 5) is 12.9. The van der Waals surface area contributed by atoms with Crippen LogP contribution in [0.2, 0.25) is 0 Å². The van der Waals surface area contributed by atoms with Gasteiger partial charge in [0, 0.05) is 13.1 Å². The van der Waals surface area contributed by atoms with Crippen LogP contribution in [0.1, 0.15) is 20.3 Å². The first-order chi connectivity index (χ1) is 5.63. The Bertz CT molecular complexity index is 162. The summed E-state index contributed by atoms with van der Waals surface area (Å²) in [7, 11) is 0. The van der Waals surface area contributed by atoms with Crippen molar-refractivity contribution < 1.29 is 4.79 Å². The molecular formula is C8H17N3O. The van der Waals surface area contributed by atoms with E-state index in [2.05, 4.69) is 19.3 Å². The molecule has 0 radical (unpaired) electrons. The van der Waals surface area contributed by atoms with Gasteiger partial charge >= 0.3 is 6.03 Å². The van der Waals surface area contributed by atoms with E-state index in [4.69, 9.17) is 5.84 Å². The summed E-state index contributed by atoms with van der Waals surface area (Å²) in [6.07, 6.45) is 1.20. The maximum absolute atomic E-state index is 11.1. The highest BCUT2D eigenvalue weighted by Gasteiger charge is 2.24. The molecule has 0 aromatic rings. The number of hydrogen-bond donors (Lipinski definition) is 2. The lowest BCUT2D eigenvalue weighted by atomic mass is 9.92. The molecule has 1 aliphatic heterocycles. The third-order valence-electron chi connectivity index (χ3n) is 2.28. The molecule has 0 saturated carbocycles. The topological polar surface area (TPSA) is 58.4 Å². The molecule has 4 nitrogen and oxygen atoms in total. The minimum Gasteiger partial charge on any atom is -0.323 e. The smallest absolute Gasteiger partial charge is 0.323 e. The second kappa shape index (κ2) is 3.76. The molecule has 0 aliphatic carbocycles. The van der Waals surface area contributed by atoms with Gasteiger partial charge < -0.3 is 4.90 Å². The van der Waals surface area contributed by atoms with Crippen LogP contribution in [-0.2, 0) is 0 Å². The van der Waals surface area contributed by atoms with Crippen molar-refractivity contribution in [1.82, 2.24) is 10.3 Å². The normalized spacial score (nSPS) is 30.1. The van der Waals surface area contributed by atoms with Crippen LogP contribution in [0.5, 0.6) is 0 Å². The number of nitrogens with zero attached hydrogens (tertiary/aromatic N) is 1. The van der Waals surface area contributed by atoms with Crippen LogP contribution in [0.4, 0.5) is 4.79 Å². The molecule has 12 heavy (non-hydrogen) atoms. The van der Waals surface area contributed by atoms with E-state index < -0.39 is 0 Å². The number of nitrogens with two attached hydrogens (primary N) is 1. The lowest BCUT2D eigenvalue weighted by Gasteiger charge is -2.34. The molecule has 70 valence electrons. The Morgan fingerprint density at radius 2 is 1.92 bits per heavy atom. The number of carbonyl (C=O) groups excluding carboxylic acids is 1. The van der Waals surface area contributed by atoms with Crippen molar-refractivity contribution in [3.05, 3.63) is 0 Å². The van der Waals surface area contributed by atoms with Crippen LogP contribution < -0.4 is 11.3 Å². The van der Waals surface area contributed by atoms with Gasteiger partial charge in [0.05, 0.1) is 0 Å². The molecule has 0 bridgehead atoms. The average molecular weight is 171 g/mol. The van der Waals surface area contributed by atoms with Crippen LogP contribution in [0, 0.1) is 11.8 Å². The van der Waals surface area contributed by atoms with Crippen molar-refractivity contribution in [3.8, 4) is 0 Å². The largest absolute Gasteiger partial charge is 0.331 e. The van der Waals surface area contributed by atoms with Crippen LogP contribution in [-0.4, -0.2) is 24.0 Å². The molecule has 0 aromatic heterocycles. The zero-order valence-electron chi connectivity index (χ0n) is 7.71. The molecule has 1 saturated heterocycles. The van der Waals surface area contributed by atoms with Gasteiger partial charge in [-0.2, -0.15) is 0 Å². The van der Waals surface area contributed by atoms with Gasteiger partial charge in [-0.15, -0.1) is 0 Å². The van der Waals surface area contributed by atoms with Gasteiger partial charge in [0.15, 0.2) is 0 Å². The third-order valence-corrected chi connectivity index (χ3v) is 2.28. The number of hydrazine groups is 1. The van der Waals surface area contributed by atoms with E-state index in [0.29, 0.717) is 11.8 Å². The molecule has 3 N–H and O–H groups in total. The average Bonchev–Trinajstić information content (AvgIpc) is 2.01. The standard InChI is InChI=1S/C8H17N3O/c1-6-3-7(2)5-11(4-6)8(12)10-9/h6-7H,3-5,9H2,1-2H3,(H,10,12). The summed E-state index contributed by atoms with van der Waals surface area (Å²) in [6, 6.07) is -0.159. The monoisotopic (exact) mass is 171 g/mol. The van der Waals surface area contributed by atoms with E-state index in [1.807, 2.05) is 0 Å². The number of amides is 2. The van der Waals surface area contributed by atoms with Crippen molar-refractivity contribution in [2.75, 3.05) is 13.1 Å². The summed E-state index contributed by atoms with van der Waals surface area (Å²) >= 11 is 0. The highest BCUT2D eigenvalue weighted by Crippen LogP contribution is 2.20. The van der Waals surface area contributed by atoms with Crippen molar-refractivity contribution in [2.24, 2.45) is 17.7 Å². The van der Waals surface area contributed by atoms with E-state index in [1.54, 1.807) is 4.90 Å². The first-order valence-electron chi connectivity index (χ1n) is 4.39. The molecule has 0 aromatic carbocycles. The molecule has 1 aliphatic rings. The Kier molecular flexibility index (Phi) is 2.92. The van der Waals surface area contributed by atoms with Crippen LogP contribution >= 0.6 is 0 Å². The minimum absolute atomic E-state index is 0.159. The molecule has 2 unspecified atom stereocenters. The molecule has 4 heteroatoms. The quantitative estimate of drug-likeness (QED) is 0.317. The molecule has 1 rings (SSSR count). The van der Waals surface area contributed by atoms with Crippen molar-refractivity contribution in [2.45, 2.75) is 20.3 Å². The van der Waals surface area contributed by atoms with E-state index in [1.165, 1.54) is 6.42 Å². The number of rotatable bonds is 0. The fourth-order valence-corrected chi connectivity index (χ4v) is 1.92. The highest BCUT2D eigenvalue weighted by atomic mass is 16.2. The molecule has 2 amide bonds. The first-order valence-corrected chi connectivity index (χ1v) is 4.39. The zero-order valence-corrected chi connectivity index (χ0v) is 7.71. The van der Waals surface area contributed by atoms with Gasteiger partial charge in [-0.1, -0.05) is 13.8 Å². The van der Waals surface area contributed by atoms with Crippen LogP contribution in [0.15, 0.2) is 0 Å². The number of carbonyl (C=O) groups is 1. The number of piperidine rings is 1.